The summed E-state index contributed by atoms with van der Waals surface area (Å²) in [5.41, 5.74) is 0.213. The maximum absolute atomic E-state index is 11.3. The molecule has 0 fully saturated rings. The predicted octanol–water partition coefficient (Wildman–Crippen LogP) is 4.78. The van der Waals surface area contributed by atoms with Gasteiger partial charge < -0.3 is 10.2 Å². The van der Waals surface area contributed by atoms with Gasteiger partial charge in [0.2, 0.25) is 0 Å². The highest BCUT2D eigenvalue weighted by Gasteiger charge is 2.19. The Labute approximate surface area is 128 Å². The summed E-state index contributed by atoms with van der Waals surface area (Å²) in [4.78, 5) is 22.7. The fourth-order valence-electron chi connectivity index (χ4n) is 2.41. The van der Waals surface area contributed by atoms with Crippen LogP contribution in [-0.4, -0.2) is 22.2 Å². The van der Waals surface area contributed by atoms with Crippen molar-refractivity contribution in [3.8, 4) is 0 Å². The van der Waals surface area contributed by atoms with Crippen LogP contribution in [0, 0.1) is 0 Å². The van der Waals surface area contributed by atoms with E-state index in [0.717, 1.165) is 57.8 Å². The zero-order valence-corrected chi connectivity index (χ0v) is 13.5. The van der Waals surface area contributed by atoms with E-state index in [0.29, 0.717) is 12.8 Å². The lowest BCUT2D eigenvalue weighted by Crippen LogP contribution is -2.12. The summed E-state index contributed by atoms with van der Waals surface area (Å²) >= 11 is 0. The molecule has 0 bridgehead atoms. The van der Waals surface area contributed by atoms with Gasteiger partial charge in [-0.3, -0.25) is 0 Å². The maximum Gasteiger partial charge on any atom is 0.332 e. The van der Waals surface area contributed by atoms with Crippen LogP contribution in [0.3, 0.4) is 0 Å². The summed E-state index contributed by atoms with van der Waals surface area (Å²) < 4.78 is 0. The smallest absolute Gasteiger partial charge is 0.332 e. The predicted molar refractivity (Wildman–Crippen MR) is 84.4 cm³/mol. The number of rotatable bonds is 13. The molecule has 0 aliphatic rings. The number of aliphatic carboxylic acids is 2. The Hall–Kier alpha value is -1.32. The fraction of sp³-hybridized carbons (Fsp3) is 0.765. The van der Waals surface area contributed by atoms with Crippen molar-refractivity contribution in [2.45, 2.75) is 84.5 Å². The second-order valence-corrected chi connectivity index (χ2v) is 5.54. The summed E-state index contributed by atoms with van der Waals surface area (Å²) in [6.07, 6.45) is 9.68. The van der Waals surface area contributed by atoms with Crippen molar-refractivity contribution in [2.24, 2.45) is 0 Å². The lowest BCUT2D eigenvalue weighted by molar-refractivity contribution is -0.136. The van der Waals surface area contributed by atoms with Gasteiger partial charge in [-0.05, 0) is 25.7 Å². The van der Waals surface area contributed by atoms with E-state index in [1.807, 2.05) is 0 Å². The standard InChI is InChI=1S/C17H30O4/c1-3-5-7-9-11-13-15(17(20)21)14(16(18)19)12-10-8-6-4-2/h3-13H2,1-2H3,(H,18,19)(H,20,21). The SMILES string of the molecule is CCCCCCCC(C(=O)O)=C(CCCCCC)C(=O)O. The summed E-state index contributed by atoms with van der Waals surface area (Å²) in [6.45, 7) is 4.22. The average Bonchev–Trinajstić information content (AvgIpc) is 2.43. The van der Waals surface area contributed by atoms with E-state index in [4.69, 9.17) is 0 Å². The second-order valence-electron chi connectivity index (χ2n) is 5.54. The summed E-state index contributed by atoms with van der Waals surface area (Å²) in [5, 5.41) is 18.5. The van der Waals surface area contributed by atoms with Crippen molar-refractivity contribution in [3.63, 3.8) is 0 Å². The molecular weight excluding hydrogens is 268 g/mol. The number of hydrogen-bond acceptors (Lipinski definition) is 2. The van der Waals surface area contributed by atoms with E-state index in [1.54, 1.807) is 0 Å². The first-order valence-electron chi connectivity index (χ1n) is 8.23. The molecule has 0 aromatic carbocycles. The van der Waals surface area contributed by atoms with Crippen LogP contribution in [0.4, 0.5) is 0 Å². The second kappa shape index (κ2) is 12.4. The first kappa shape index (κ1) is 19.7. The van der Waals surface area contributed by atoms with Gasteiger partial charge >= 0.3 is 11.9 Å². The molecule has 0 amide bonds. The Morgan fingerprint density at radius 1 is 0.619 bits per heavy atom. The maximum atomic E-state index is 11.3. The molecule has 0 aliphatic heterocycles. The van der Waals surface area contributed by atoms with Gasteiger partial charge in [0.15, 0.2) is 0 Å². The minimum atomic E-state index is -1.07. The Balaban J connectivity index is 4.60. The van der Waals surface area contributed by atoms with Crippen molar-refractivity contribution in [2.75, 3.05) is 0 Å². The van der Waals surface area contributed by atoms with Crippen LogP contribution in [0.2, 0.25) is 0 Å². The van der Waals surface area contributed by atoms with Crippen LogP contribution in [0.5, 0.6) is 0 Å². The zero-order chi connectivity index (χ0) is 16.1. The van der Waals surface area contributed by atoms with Gasteiger partial charge in [0.05, 0.1) is 0 Å². The molecule has 0 aromatic heterocycles. The van der Waals surface area contributed by atoms with E-state index in [9.17, 15) is 19.8 Å². The topological polar surface area (TPSA) is 74.6 Å². The number of carbonyl (C=O) groups is 2. The molecule has 0 heterocycles. The highest BCUT2D eigenvalue weighted by molar-refractivity contribution is 5.98. The monoisotopic (exact) mass is 298 g/mol. The van der Waals surface area contributed by atoms with Crippen LogP contribution < -0.4 is 0 Å². The molecule has 4 nitrogen and oxygen atoms in total. The molecule has 0 aliphatic carbocycles. The van der Waals surface area contributed by atoms with Crippen molar-refractivity contribution in [3.05, 3.63) is 11.1 Å². The third kappa shape index (κ3) is 9.27. The lowest BCUT2D eigenvalue weighted by atomic mass is 9.96. The van der Waals surface area contributed by atoms with Crippen LogP contribution in [-0.2, 0) is 9.59 Å². The molecule has 0 aromatic rings. The van der Waals surface area contributed by atoms with E-state index in [2.05, 4.69) is 13.8 Å². The number of carboxylic acid groups (broad SMARTS) is 2. The van der Waals surface area contributed by atoms with Gasteiger partial charge in [0.25, 0.3) is 0 Å². The Kier molecular flexibility index (Phi) is 11.6. The Morgan fingerprint density at radius 3 is 1.29 bits per heavy atom. The van der Waals surface area contributed by atoms with Crippen molar-refractivity contribution >= 4 is 11.9 Å². The molecule has 122 valence electrons. The minimum absolute atomic E-state index is 0.106. The Bertz CT molecular complexity index is 345. The van der Waals surface area contributed by atoms with Crippen LogP contribution >= 0.6 is 0 Å². The highest BCUT2D eigenvalue weighted by atomic mass is 16.4. The van der Waals surface area contributed by atoms with E-state index in [-0.39, 0.29) is 11.1 Å². The first-order valence-corrected chi connectivity index (χ1v) is 8.23. The summed E-state index contributed by atoms with van der Waals surface area (Å²) in [5.74, 6) is -2.14. The van der Waals surface area contributed by atoms with E-state index >= 15 is 0 Å². The third-order valence-corrected chi connectivity index (χ3v) is 3.69. The molecule has 0 radical (unpaired) electrons. The van der Waals surface area contributed by atoms with Crippen molar-refractivity contribution < 1.29 is 19.8 Å². The van der Waals surface area contributed by atoms with Crippen LogP contribution in [0.15, 0.2) is 11.1 Å². The Morgan fingerprint density at radius 2 is 0.952 bits per heavy atom. The van der Waals surface area contributed by atoms with E-state index < -0.39 is 11.9 Å². The molecule has 0 spiro atoms. The largest absolute Gasteiger partial charge is 0.478 e. The third-order valence-electron chi connectivity index (χ3n) is 3.69. The van der Waals surface area contributed by atoms with Gasteiger partial charge in [-0.1, -0.05) is 58.8 Å². The van der Waals surface area contributed by atoms with Gasteiger partial charge in [-0.25, -0.2) is 9.59 Å². The fourth-order valence-corrected chi connectivity index (χ4v) is 2.41. The summed E-state index contributed by atoms with van der Waals surface area (Å²) in [7, 11) is 0. The molecule has 2 N–H and O–H groups in total. The minimum Gasteiger partial charge on any atom is -0.478 e. The van der Waals surface area contributed by atoms with Gasteiger partial charge in [-0.15, -0.1) is 0 Å². The van der Waals surface area contributed by atoms with Gasteiger partial charge in [-0.2, -0.15) is 0 Å². The van der Waals surface area contributed by atoms with Gasteiger partial charge in [0, 0.05) is 11.1 Å². The summed E-state index contributed by atoms with van der Waals surface area (Å²) in [6, 6.07) is 0. The normalized spacial score (nSPS) is 12.1. The van der Waals surface area contributed by atoms with Crippen molar-refractivity contribution in [1.82, 2.24) is 0 Å². The lowest BCUT2D eigenvalue weighted by Gasteiger charge is -2.09. The van der Waals surface area contributed by atoms with Crippen molar-refractivity contribution in [1.29, 1.82) is 0 Å². The molecule has 0 saturated carbocycles. The zero-order valence-electron chi connectivity index (χ0n) is 13.5. The molecule has 0 atom stereocenters. The molecular formula is C17H30O4. The molecule has 0 saturated heterocycles. The number of hydrogen-bond donors (Lipinski definition) is 2. The average molecular weight is 298 g/mol. The highest BCUT2D eigenvalue weighted by Crippen LogP contribution is 2.20. The molecule has 4 heteroatoms. The van der Waals surface area contributed by atoms with Crippen LogP contribution in [0.1, 0.15) is 84.5 Å². The molecule has 0 unspecified atom stereocenters. The quantitative estimate of drug-likeness (QED) is 0.379. The molecule has 0 rings (SSSR count). The van der Waals surface area contributed by atoms with Gasteiger partial charge in [0.1, 0.15) is 0 Å². The van der Waals surface area contributed by atoms with Crippen LogP contribution in [0.25, 0.3) is 0 Å². The molecule has 21 heavy (non-hydrogen) atoms. The van der Waals surface area contributed by atoms with E-state index in [1.165, 1.54) is 0 Å². The number of carboxylic acids is 2. The number of unbranched alkanes of at least 4 members (excludes halogenated alkanes) is 7. The first-order chi connectivity index (χ1) is 10.0.